The molecule has 1 aliphatic rings. The maximum Gasteiger partial charge on any atom is 0.266 e. The number of thiazole rings is 1. The quantitative estimate of drug-likeness (QED) is 0.395. The number of aromatic nitrogens is 3. The standard InChI is InChI=1S/C22H22ClFN6O2S2/c1-28(16-5-7-29(11-16)12-22-25-10-15-4-2-3-6-30(15)22)19-9-18(24)20(8-17(19)23)34(31,32)27-21-13-33-14-26-21/h2-4,6,8-10,13-14,16,27H,5,7,11-12H2,1H3/t16-/m0/s1. The summed E-state index contributed by atoms with van der Waals surface area (Å²) in [6, 6.07) is 8.41. The van der Waals surface area contributed by atoms with E-state index >= 15 is 0 Å². The molecule has 0 amide bonds. The molecule has 4 aromatic rings. The van der Waals surface area contributed by atoms with E-state index in [2.05, 4.69) is 24.0 Å². The third-order valence-corrected chi connectivity index (χ3v) is 8.28. The molecule has 3 aromatic heterocycles. The topological polar surface area (TPSA) is 82.8 Å². The van der Waals surface area contributed by atoms with Gasteiger partial charge in [0.1, 0.15) is 16.5 Å². The van der Waals surface area contributed by atoms with Crippen molar-refractivity contribution in [1.29, 1.82) is 0 Å². The second kappa shape index (κ2) is 9.14. The van der Waals surface area contributed by atoms with Crippen LogP contribution in [0.2, 0.25) is 5.02 Å². The smallest absolute Gasteiger partial charge is 0.266 e. The fourth-order valence-electron chi connectivity index (χ4n) is 4.23. The lowest BCUT2D eigenvalue weighted by Crippen LogP contribution is -2.35. The predicted molar refractivity (Wildman–Crippen MR) is 132 cm³/mol. The van der Waals surface area contributed by atoms with Gasteiger partial charge < -0.3 is 9.30 Å². The minimum Gasteiger partial charge on any atom is -0.369 e. The van der Waals surface area contributed by atoms with E-state index in [-0.39, 0.29) is 16.9 Å². The fraction of sp³-hybridized carbons (Fsp3) is 0.273. The van der Waals surface area contributed by atoms with Crippen LogP contribution in [-0.4, -0.2) is 53.9 Å². The van der Waals surface area contributed by atoms with Gasteiger partial charge in [-0.15, -0.1) is 11.3 Å². The second-order valence-corrected chi connectivity index (χ2v) is 10.9. The first-order chi connectivity index (χ1) is 16.3. The molecule has 1 atom stereocenters. The highest BCUT2D eigenvalue weighted by Crippen LogP contribution is 2.33. The van der Waals surface area contributed by atoms with Gasteiger partial charge in [0.2, 0.25) is 0 Å². The molecule has 0 saturated carbocycles. The predicted octanol–water partition coefficient (Wildman–Crippen LogP) is 4.09. The van der Waals surface area contributed by atoms with Crippen molar-refractivity contribution in [2.75, 3.05) is 29.8 Å². The number of hydrogen-bond donors (Lipinski definition) is 1. The Morgan fingerprint density at radius 2 is 2.18 bits per heavy atom. The van der Waals surface area contributed by atoms with Gasteiger partial charge in [-0.05, 0) is 24.6 Å². The number of nitrogens with zero attached hydrogens (tertiary/aromatic N) is 5. The van der Waals surface area contributed by atoms with Gasteiger partial charge in [0.05, 0.1) is 34.5 Å². The summed E-state index contributed by atoms with van der Waals surface area (Å²) < 4.78 is 44.5. The lowest BCUT2D eigenvalue weighted by atomic mass is 10.2. The number of nitrogens with one attached hydrogen (secondary N) is 1. The Balaban J connectivity index is 1.31. The second-order valence-electron chi connectivity index (χ2n) is 8.17. The number of sulfonamides is 1. The monoisotopic (exact) mass is 520 g/mol. The third kappa shape index (κ3) is 4.48. The van der Waals surface area contributed by atoms with Crippen molar-refractivity contribution in [2.45, 2.75) is 23.9 Å². The Labute approximate surface area is 205 Å². The molecule has 8 nitrogen and oxygen atoms in total. The summed E-state index contributed by atoms with van der Waals surface area (Å²) in [5.74, 6) is 0.232. The van der Waals surface area contributed by atoms with Crippen molar-refractivity contribution in [3.05, 3.63) is 70.3 Å². The summed E-state index contributed by atoms with van der Waals surface area (Å²) in [7, 11) is -2.31. The van der Waals surface area contributed by atoms with Crippen LogP contribution in [0.3, 0.4) is 0 Å². The van der Waals surface area contributed by atoms with Crippen LogP contribution in [0.1, 0.15) is 12.2 Å². The first kappa shape index (κ1) is 23.0. The number of imidazole rings is 1. The van der Waals surface area contributed by atoms with E-state index in [1.54, 1.807) is 0 Å². The molecule has 0 bridgehead atoms. The average Bonchev–Trinajstić information content (AvgIpc) is 3.57. The summed E-state index contributed by atoms with van der Waals surface area (Å²) in [6.45, 7) is 2.31. The molecule has 0 radical (unpaired) electrons. The molecule has 0 unspecified atom stereocenters. The van der Waals surface area contributed by atoms with E-state index in [0.29, 0.717) is 12.2 Å². The van der Waals surface area contributed by atoms with E-state index in [1.165, 1.54) is 28.3 Å². The summed E-state index contributed by atoms with van der Waals surface area (Å²) in [5, 5.41) is 1.69. The van der Waals surface area contributed by atoms with E-state index in [9.17, 15) is 12.8 Å². The highest BCUT2D eigenvalue weighted by atomic mass is 35.5. The molecule has 178 valence electrons. The number of fused-ring (bicyclic) bond motifs is 1. The van der Waals surface area contributed by atoms with E-state index in [4.69, 9.17) is 11.6 Å². The minimum atomic E-state index is -4.16. The van der Waals surface area contributed by atoms with Crippen molar-refractivity contribution >= 4 is 50.0 Å². The van der Waals surface area contributed by atoms with Crippen LogP contribution in [0, 0.1) is 5.82 Å². The Morgan fingerprint density at radius 3 is 2.97 bits per heavy atom. The largest absolute Gasteiger partial charge is 0.369 e. The van der Waals surface area contributed by atoms with E-state index in [1.807, 2.05) is 42.5 Å². The van der Waals surface area contributed by atoms with E-state index < -0.39 is 20.7 Å². The zero-order valence-electron chi connectivity index (χ0n) is 18.2. The van der Waals surface area contributed by atoms with Crippen molar-refractivity contribution in [2.24, 2.45) is 0 Å². The molecule has 12 heteroatoms. The van der Waals surface area contributed by atoms with Crippen LogP contribution in [0.5, 0.6) is 0 Å². The molecule has 0 spiro atoms. The van der Waals surface area contributed by atoms with Gasteiger partial charge in [-0.1, -0.05) is 17.7 Å². The van der Waals surface area contributed by atoms with Crippen LogP contribution in [0.15, 0.2) is 58.5 Å². The highest BCUT2D eigenvalue weighted by molar-refractivity contribution is 7.92. The molecule has 0 aliphatic carbocycles. The zero-order chi connectivity index (χ0) is 23.9. The molecule has 1 aliphatic heterocycles. The molecular formula is C22H22ClFN6O2S2. The number of rotatable bonds is 7. The number of likely N-dealkylation sites (tertiary alicyclic amines) is 1. The lowest BCUT2D eigenvalue weighted by molar-refractivity contribution is 0.316. The number of halogens is 2. The van der Waals surface area contributed by atoms with Gasteiger partial charge in [-0.2, -0.15) is 0 Å². The molecule has 1 aromatic carbocycles. The molecule has 4 heterocycles. The molecular weight excluding hydrogens is 499 g/mol. The lowest BCUT2D eigenvalue weighted by Gasteiger charge is -2.28. The van der Waals surface area contributed by atoms with Crippen LogP contribution in [-0.2, 0) is 16.6 Å². The van der Waals surface area contributed by atoms with Gasteiger partial charge in [-0.25, -0.2) is 22.8 Å². The Morgan fingerprint density at radius 1 is 1.32 bits per heavy atom. The van der Waals surface area contributed by atoms with Gasteiger partial charge >= 0.3 is 0 Å². The van der Waals surface area contributed by atoms with Crippen LogP contribution < -0.4 is 9.62 Å². The van der Waals surface area contributed by atoms with Crippen LogP contribution in [0.25, 0.3) is 5.52 Å². The molecule has 1 saturated heterocycles. The Bertz CT molecular complexity index is 1430. The molecule has 1 fully saturated rings. The van der Waals surface area contributed by atoms with Gasteiger partial charge in [0.15, 0.2) is 5.82 Å². The maximum absolute atomic E-state index is 14.9. The summed E-state index contributed by atoms with van der Waals surface area (Å²) in [6.07, 6.45) is 4.72. The SMILES string of the molecule is CN(c1cc(F)c(S(=O)(=O)Nc2cscn2)cc1Cl)[C@H]1CCN(Cc2ncc3ccccn23)C1. The zero-order valence-corrected chi connectivity index (χ0v) is 20.6. The fourth-order valence-corrected chi connectivity index (χ4v) is 6.24. The number of hydrogen-bond acceptors (Lipinski definition) is 7. The van der Waals surface area contributed by atoms with Crippen LogP contribution in [0.4, 0.5) is 15.9 Å². The number of likely N-dealkylation sites (N-methyl/N-ethyl adjacent to an activating group) is 1. The van der Waals surface area contributed by atoms with Crippen molar-refractivity contribution in [3.8, 4) is 0 Å². The Hall–Kier alpha value is -2.73. The van der Waals surface area contributed by atoms with Gasteiger partial charge in [0, 0.05) is 43.8 Å². The Kier molecular flexibility index (Phi) is 6.19. The average molecular weight is 521 g/mol. The maximum atomic E-state index is 14.9. The normalized spacial score (nSPS) is 16.9. The first-order valence-electron chi connectivity index (χ1n) is 10.6. The van der Waals surface area contributed by atoms with Crippen molar-refractivity contribution in [3.63, 3.8) is 0 Å². The first-order valence-corrected chi connectivity index (χ1v) is 13.4. The van der Waals surface area contributed by atoms with Crippen molar-refractivity contribution < 1.29 is 12.8 Å². The molecule has 34 heavy (non-hydrogen) atoms. The minimum absolute atomic E-state index is 0.0960. The molecule has 5 rings (SSSR count). The number of anilines is 2. The van der Waals surface area contributed by atoms with Crippen LogP contribution >= 0.6 is 22.9 Å². The summed E-state index contributed by atoms with van der Waals surface area (Å²) in [5.41, 5.74) is 2.98. The molecule has 1 N–H and O–H groups in total. The van der Waals surface area contributed by atoms with E-state index in [0.717, 1.165) is 36.9 Å². The number of benzene rings is 1. The third-order valence-electron chi connectivity index (χ3n) is 6.02. The highest BCUT2D eigenvalue weighted by Gasteiger charge is 2.29. The van der Waals surface area contributed by atoms with Crippen molar-refractivity contribution in [1.82, 2.24) is 19.3 Å². The van der Waals surface area contributed by atoms with Gasteiger partial charge in [0.25, 0.3) is 10.0 Å². The summed E-state index contributed by atoms with van der Waals surface area (Å²) in [4.78, 5) is 12.1. The summed E-state index contributed by atoms with van der Waals surface area (Å²) >= 11 is 7.67. The van der Waals surface area contributed by atoms with Gasteiger partial charge in [-0.3, -0.25) is 9.62 Å². The number of pyridine rings is 1.